The number of nitrogens with one attached hydrogen (secondary N) is 1. The maximum absolute atomic E-state index is 5.54. The normalized spacial score (nSPS) is 12.3. The summed E-state index contributed by atoms with van der Waals surface area (Å²) < 4.78 is 10.5. The molecule has 0 saturated heterocycles. The van der Waals surface area contributed by atoms with Crippen LogP contribution >= 0.6 is 11.3 Å². The molecule has 5 heteroatoms. The van der Waals surface area contributed by atoms with E-state index in [1.54, 1.807) is 18.4 Å². The van der Waals surface area contributed by atoms with Crippen LogP contribution in [0.4, 0.5) is 5.69 Å². The number of thiazole rings is 1. The van der Waals surface area contributed by atoms with Crippen molar-refractivity contribution < 1.29 is 9.47 Å². The van der Waals surface area contributed by atoms with Crippen LogP contribution in [0.25, 0.3) is 0 Å². The molecule has 1 heterocycles. The Morgan fingerprint density at radius 1 is 1.33 bits per heavy atom. The van der Waals surface area contributed by atoms with Gasteiger partial charge in [-0.3, -0.25) is 0 Å². The highest BCUT2D eigenvalue weighted by molar-refractivity contribution is 7.09. The Hall–Kier alpha value is -1.43. The van der Waals surface area contributed by atoms with Crippen molar-refractivity contribution in [3.8, 4) is 0 Å². The Balaban J connectivity index is 1.91. The molecular weight excluding hydrogens is 284 g/mol. The molecule has 1 unspecified atom stereocenters. The predicted octanol–water partition coefficient (Wildman–Crippen LogP) is 3.79. The van der Waals surface area contributed by atoms with Crippen LogP contribution in [0.5, 0.6) is 0 Å². The Morgan fingerprint density at radius 3 is 2.90 bits per heavy atom. The molecule has 0 saturated carbocycles. The number of benzene rings is 1. The first-order chi connectivity index (χ1) is 10.2. The largest absolute Gasteiger partial charge is 0.382 e. The fraction of sp³-hybridized carbons (Fsp3) is 0.438. The van der Waals surface area contributed by atoms with Gasteiger partial charge in [-0.2, -0.15) is 0 Å². The third-order valence-corrected chi connectivity index (χ3v) is 3.88. The summed E-state index contributed by atoms with van der Waals surface area (Å²) in [6.45, 7) is 5.99. The smallest absolute Gasteiger partial charge is 0.0898 e. The van der Waals surface area contributed by atoms with Gasteiger partial charge in [0.25, 0.3) is 0 Å². The Kier molecular flexibility index (Phi) is 6.17. The van der Waals surface area contributed by atoms with Crippen LogP contribution in [0, 0.1) is 6.92 Å². The highest BCUT2D eigenvalue weighted by Crippen LogP contribution is 2.21. The van der Waals surface area contributed by atoms with Gasteiger partial charge in [0.05, 0.1) is 36.6 Å². The van der Waals surface area contributed by atoms with Gasteiger partial charge in [0.1, 0.15) is 0 Å². The molecule has 114 valence electrons. The van der Waals surface area contributed by atoms with E-state index >= 15 is 0 Å². The molecule has 1 atom stereocenters. The number of rotatable bonds is 8. The van der Waals surface area contributed by atoms with E-state index in [0.717, 1.165) is 22.0 Å². The third-order valence-electron chi connectivity index (χ3n) is 3.09. The molecule has 0 radical (unpaired) electrons. The number of ether oxygens (including phenoxy) is 2. The van der Waals surface area contributed by atoms with E-state index < -0.39 is 0 Å². The van der Waals surface area contributed by atoms with Gasteiger partial charge in [0, 0.05) is 18.2 Å². The summed E-state index contributed by atoms with van der Waals surface area (Å²) in [6, 6.07) is 8.47. The van der Waals surface area contributed by atoms with Gasteiger partial charge < -0.3 is 14.8 Å². The number of hydrogen-bond acceptors (Lipinski definition) is 5. The summed E-state index contributed by atoms with van der Waals surface area (Å²) in [4.78, 5) is 4.52. The molecule has 0 aliphatic heterocycles. The molecule has 21 heavy (non-hydrogen) atoms. The van der Waals surface area contributed by atoms with E-state index in [1.807, 2.05) is 13.0 Å². The lowest BCUT2D eigenvalue weighted by Crippen LogP contribution is -2.07. The summed E-state index contributed by atoms with van der Waals surface area (Å²) >= 11 is 1.68. The fourth-order valence-corrected chi connectivity index (χ4v) is 2.69. The van der Waals surface area contributed by atoms with Gasteiger partial charge in [-0.05, 0) is 31.5 Å². The monoisotopic (exact) mass is 306 g/mol. The molecule has 0 spiro atoms. The predicted molar refractivity (Wildman–Crippen MR) is 86.9 cm³/mol. The van der Waals surface area contributed by atoms with E-state index in [-0.39, 0.29) is 6.04 Å². The van der Waals surface area contributed by atoms with Crippen molar-refractivity contribution in [3.63, 3.8) is 0 Å². The molecular formula is C16H22N2O2S. The van der Waals surface area contributed by atoms with Gasteiger partial charge in [0.15, 0.2) is 0 Å². The lowest BCUT2D eigenvalue weighted by atomic mass is 10.2. The average Bonchev–Trinajstić information content (AvgIpc) is 2.91. The minimum absolute atomic E-state index is 0.194. The zero-order valence-corrected chi connectivity index (χ0v) is 13.6. The lowest BCUT2D eigenvalue weighted by Gasteiger charge is -2.14. The quantitative estimate of drug-likeness (QED) is 0.754. The number of hydrogen-bond donors (Lipinski definition) is 1. The van der Waals surface area contributed by atoms with E-state index in [4.69, 9.17) is 9.47 Å². The highest BCUT2D eigenvalue weighted by Gasteiger charge is 2.08. The van der Waals surface area contributed by atoms with Crippen molar-refractivity contribution >= 4 is 17.0 Å². The zero-order valence-electron chi connectivity index (χ0n) is 12.8. The summed E-state index contributed by atoms with van der Waals surface area (Å²) in [5.41, 5.74) is 3.32. The van der Waals surface area contributed by atoms with Crippen LogP contribution in [-0.4, -0.2) is 25.3 Å². The SMILES string of the molecule is COCCOCc1cccc(NC(C)c2csc(C)n2)c1. The minimum atomic E-state index is 0.194. The molecule has 2 aromatic rings. The Morgan fingerprint density at radius 2 is 2.19 bits per heavy atom. The first-order valence-electron chi connectivity index (χ1n) is 7.03. The van der Waals surface area contributed by atoms with Gasteiger partial charge >= 0.3 is 0 Å². The van der Waals surface area contributed by atoms with Crippen LogP contribution in [-0.2, 0) is 16.1 Å². The van der Waals surface area contributed by atoms with Gasteiger partial charge in [-0.1, -0.05) is 12.1 Å². The van der Waals surface area contributed by atoms with Crippen LogP contribution in [0.3, 0.4) is 0 Å². The second kappa shape index (κ2) is 8.12. The van der Waals surface area contributed by atoms with E-state index in [9.17, 15) is 0 Å². The molecule has 4 nitrogen and oxygen atoms in total. The van der Waals surface area contributed by atoms with Gasteiger partial charge in [-0.15, -0.1) is 11.3 Å². The molecule has 0 fully saturated rings. The molecule has 1 aromatic carbocycles. The summed E-state index contributed by atoms with van der Waals surface area (Å²) in [7, 11) is 1.68. The molecule has 1 N–H and O–H groups in total. The highest BCUT2D eigenvalue weighted by atomic mass is 32.1. The number of aromatic nitrogens is 1. The first kappa shape index (κ1) is 15.9. The van der Waals surface area contributed by atoms with Crippen LogP contribution in [0.2, 0.25) is 0 Å². The lowest BCUT2D eigenvalue weighted by molar-refractivity contribution is 0.0617. The number of anilines is 1. The summed E-state index contributed by atoms with van der Waals surface area (Å²) in [5.74, 6) is 0. The van der Waals surface area contributed by atoms with Crippen molar-refractivity contribution in [2.45, 2.75) is 26.5 Å². The molecule has 0 amide bonds. The summed E-state index contributed by atoms with van der Waals surface area (Å²) in [6.07, 6.45) is 0. The van der Waals surface area contributed by atoms with Crippen molar-refractivity contribution in [3.05, 3.63) is 45.9 Å². The molecule has 1 aromatic heterocycles. The Bertz CT molecular complexity index is 557. The first-order valence-corrected chi connectivity index (χ1v) is 7.91. The van der Waals surface area contributed by atoms with Crippen LogP contribution in [0.1, 0.15) is 29.2 Å². The van der Waals surface area contributed by atoms with Gasteiger partial charge in [0.2, 0.25) is 0 Å². The molecule has 2 rings (SSSR count). The second-order valence-electron chi connectivity index (χ2n) is 4.90. The number of methoxy groups -OCH3 is 1. The maximum Gasteiger partial charge on any atom is 0.0898 e. The van der Waals surface area contributed by atoms with Crippen molar-refractivity contribution in [1.29, 1.82) is 0 Å². The van der Waals surface area contributed by atoms with Crippen LogP contribution in [0.15, 0.2) is 29.6 Å². The maximum atomic E-state index is 5.54. The van der Waals surface area contributed by atoms with Crippen molar-refractivity contribution in [1.82, 2.24) is 4.98 Å². The van der Waals surface area contributed by atoms with Crippen LogP contribution < -0.4 is 5.32 Å². The van der Waals surface area contributed by atoms with Crippen molar-refractivity contribution in [2.75, 3.05) is 25.6 Å². The molecule has 0 aliphatic rings. The Labute approximate surface area is 130 Å². The van der Waals surface area contributed by atoms with Gasteiger partial charge in [-0.25, -0.2) is 4.98 Å². The standard InChI is InChI=1S/C16H22N2O2S/c1-12(16-11-21-13(2)18-16)17-15-6-4-5-14(9-15)10-20-8-7-19-3/h4-6,9,11-12,17H,7-8,10H2,1-3H3. The van der Waals surface area contributed by atoms with E-state index in [1.165, 1.54) is 0 Å². The molecule has 0 aliphatic carbocycles. The summed E-state index contributed by atoms with van der Waals surface area (Å²) in [5, 5.41) is 6.68. The second-order valence-corrected chi connectivity index (χ2v) is 5.97. The van der Waals surface area contributed by atoms with Crippen molar-refractivity contribution in [2.24, 2.45) is 0 Å². The van der Waals surface area contributed by atoms with E-state index in [2.05, 4.69) is 40.8 Å². The molecule has 0 bridgehead atoms. The topological polar surface area (TPSA) is 43.4 Å². The van der Waals surface area contributed by atoms with E-state index in [0.29, 0.717) is 19.8 Å². The number of aryl methyl sites for hydroxylation is 1. The zero-order chi connectivity index (χ0) is 15.1. The average molecular weight is 306 g/mol. The fourth-order valence-electron chi connectivity index (χ4n) is 1.99. The third kappa shape index (κ3) is 5.12. The minimum Gasteiger partial charge on any atom is -0.382 e. The number of nitrogens with zero attached hydrogens (tertiary/aromatic N) is 1.